The Morgan fingerprint density at radius 2 is 1.72 bits per heavy atom. The first kappa shape index (κ1) is 14.2. The summed E-state index contributed by atoms with van der Waals surface area (Å²) in [5.41, 5.74) is -1.20. The standard InChI is InChI=1S/C13H17NO4/c1-4-17-11(15)13(3,12(16)18-5-2)10-8-6-7-9-14-10/h6-9H,4-5H2,1-3H3. The summed E-state index contributed by atoms with van der Waals surface area (Å²) in [4.78, 5) is 28.1. The quantitative estimate of drug-likeness (QED) is 0.585. The Balaban J connectivity index is 3.17. The van der Waals surface area contributed by atoms with E-state index in [0.29, 0.717) is 5.69 Å². The van der Waals surface area contributed by atoms with Gasteiger partial charge in [0.2, 0.25) is 5.41 Å². The number of rotatable bonds is 5. The molecule has 0 bridgehead atoms. The maximum absolute atomic E-state index is 12.0. The zero-order valence-electron chi connectivity index (χ0n) is 10.8. The van der Waals surface area contributed by atoms with E-state index in [1.807, 2.05) is 0 Å². The first-order valence-electron chi connectivity index (χ1n) is 5.83. The Morgan fingerprint density at radius 3 is 2.11 bits per heavy atom. The van der Waals surface area contributed by atoms with Crippen LogP contribution in [0.1, 0.15) is 26.5 Å². The Bertz CT molecular complexity index is 398. The van der Waals surface area contributed by atoms with E-state index >= 15 is 0 Å². The van der Waals surface area contributed by atoms with Crippen LogP contribution >= 0.6 is 0 Å². The molecule has 0 fully saturated rings. The van der Waals surface area contributed by atoms with Gasteiger partial charge in [0.15, 0.2) is 0 Å². The maximum Gasteiger partial charge on any atom is 0.329 e. The van der Waals surface area contributed by atoms with Gasteiger partial charge in [0.25, 0.3) is 0 Å². The number of esters is 2. The van der Waals surface area contributed by atoms with Crippen LogP contribution in [0.3, 0.4) is 0 Å². The fraction of sp³-hybridized carbons (Fsp3) is 0.462. The van der Waals surface area contributed by atoms with Gasteiger partial charge in [0.05, 0.1) is 18.9 Å². The van der Waals surface area contributed by atoms with E-state index in [2.05, 4.69) is 4.98 Å². The average molecular weight is 251 g/mol. The van der Waals surface area contributed by atoms with Crippen molar-refractivity contribution in [2.24, 2.45) is 0 Å². The molecule has 0 atom stereocenters. The molecule has 5 nitrogen and oxygen atoms in total. The summed E-state index contributed by atoms with van der Waals surface area (Å²) >= 11 is 0. The van der Waals surface area contributed by atoms with Gasteiger partial charge >= 0.3 is 11.9 Å². The molecule has 0 amide bonds. The Kier molecular flexibility index (Phi) is 4.83. The highest BCUT2D eigenvalue weighted by Crippen LogP contribution is 2.25. The molecule has 0 aliphatic rings. The van der Waals surface area contributed by atoms with Crippen molar-refractivity contribution in [3.63, 3.8) is 0 Å². The average Bonchev–Trinajstić information content (AvgIpc) is 2.39. The Morgan fingerprint density at radius 1 is 1.17 bits per heavy atom. The number of carbonyl (C=O) groups is 2. The van der Waals surface area contributed by atoms with Gasteiger partial charge in [-0.25, -0.2) is 0 Å². The molecule has 0 radical (unpaired) electrons. The fourth-order valence-electron chi connectivity index (χ4n) is 1.50. The van der Waals surface area contributed by atoms with Crippen LogP contribution in [-0.4, -0.2) is 30.1 Å². The topological polar surface area (TPSA) is 65.5 Å². The third kappa shape index (κ3) is 2.67. The predicted octanol–water partition coefficient (Wildman–Crippen LogP) is 1.47. The van der Waals surface area contributed by atoms with Gasteiger partial charge in [-0.05, 0) is 32.9 Å². The summed E-state index contributed by atoms with van der Waals surface area (Å²) < 4.78 is 9.90. The van der Waals surface area contributed by atoms with Crippen LogP contribution in [0.15, 0.2) is 24.4 Å². The largest absolute Gasteiger partial charge is 0.465 e. The lowest BCUT2D eigenvalue weighted by Gasteiger charge is -2.24. The molecule has 0 saturated carbocycles. The summed E-state index contributed by atoms with van der Waals surface area (Å²) in [6, 6.07) is 5.02. The molecule has 1 rings (SSSR count). The number of carbonyl (C=O) groups excluding carboxylic acids is 2. The van der Waals surface area contributed by atoms with Crippen molar-refractivity contribution in [3.8, 4) is 0 Å². The zero-order valence-corrected chi connectivity index (χ0v) is 10.8. The van der Waals surface area contributed by atoms with E-state index in [1.165, 1.54) is 13.1 Å². The minimum atomic E-state index is -1.52. The monoisotopic (exact) mass is 251 g/mol. The second-order valence-corrected chi connectivity index (χ2v) is 3.78. The normalized spacial score (nSPS) is 10.8. The molecule has 18 heavy (non-hydrogen) atoms. The van der Waals surface area contributed by atoms with Gasteiger partial charge in [-0.15, -0.1) is 0 Å². The Hall–Kier alpha value is -1.91. The molecule has 0 unspecified atom stereocenters. The van der Waals surface area contributed by atoms with Crippen LogP contribution in [0.5, 0.6) is 0 Å². The van der Waals surface area contributed by atoms with Crippen molar-refractivity contribution in [2.45, 2.75) is 26.2 Å². The van der Waals surface area contributed by atoms with Gasteiger partial charge in [-0.3, -0.25) is 14.6 Å². The lowest BCUT2D eigenvalue weighted by Crippen LogP contribution is -2.44. The molecule has 0 aliphatic heterocycles. The second-order valence-electron chi connectivity index (χ2n) is 3.78. The highest BCUT2D eigenvalue weighted by molar-refractivity contribution is 6.05. The van der Waals surface area contributed by atoms with E-state index in [4.69, 9.17) is 9.47 Å². The van der Waals surface area contributed by atoms with E-state index in [1.54, 1.807) is 32.0 Å². The Labute approximate surface area is 106 Å². The molecule has 1 aromatic heterocycles. The van der Waals surface area contributed by atoms with Crippen molar-refractivity contribution in [3.05, 3.63) is 30.1 Å². The third-order valence-corrected chi connectivity index (χ3v) is 2.54. The second kappa shape index (κ2) is 6.14. The number of nitrogens with zero attached hydrogens (tertiary/aromatic N) is 1. The minimum absolute atomic E-state index is 0.195. The van der Waals surface area contributed by atoms with Gasteiger partial charge in [0.1, 0.15) is 0 Å². The SMILES string of the molecule is CCOC(=O)C(C)(C(=O)OCC)c1ccccn1. The van der Waals surface area contributed by atoms with E-state index in [9.17, 15) is 9.59 Å². The molecular weight excluding hydrogens is 234 g/mol. The smallest absolute Gasteiger partial charge is 0.329 e. The third-order valence-electron chi connectivity index (χ3n) is 2.54. The predicted molar refractivity (Wildman–Crippen MR) is 64.9 cm³/mol. The number of pyridine rings is 1. The number of aromatic nitrogens is 1. The lowest BCUT2D eigenvalue weighted by atomic mass is 9.86. The van der Waals surface area contributed by atoms with Crippen LogP contribution in [0.4, 0.5) is 0 Å². The molecule has 0 spiro atoms. The van der Waals surface area contributed by atoms with Crippen molar-refractivity contribution >= 4 is 11.9 Å². The molecule has 0 aliphatic carbocycles. The molecule has 1 aromatic rings. The van der Waals surface area contributed by atoms with E-state index in [0.717, 1.165) is 0 Å². The van der Waals surface area contributed by atoms with Crippen molar-refractivity contribution < 1.29 is 19.1 Å². The molecule has 0 aromatic carbocycles. The van der Waals surface area contributed by atoms with Crippen LogP contribution in [0.25, 0.3) is 0 Å². The van der Waals surface area contributed by atoms with E-state index < -0.39 is 17.4 Å². The van der Waals surface area contributed by atoms with Crippen LogP contribution in [0.2, 0.25) is 0 Å². The minimum Gasteiger partial charge on any atom is -0.465 e. The zero-order chi connectivity index (χ0) is 13.6. The summed E-state index contributed by atoms with van der Waals surface area (Å²) in [6.45, 7) is 5.22. The van der Waals surface area contributed by atoms with Gasteiger partial charge in [-0.1, -0.05) is 6.07 Å². The number of hydrogen-bond acceptors (Lipinski definition) is 5. The highest BCUT2D eigenvalue weighted by atomic mass is 16.6. The summed E-state index contributed by atoms with van der Waals surface area (Å²) in [7, 11) is 0. The summed E-state index contributed by atoms with van der Waals surface area (Å²) in [5, 5.41) is 0. The van der Waals surface area contributed by atoms with Crippen LogP contribution < -0.4 is 0 Å². The van der Waals surface area contributed by atoms with Gasteiger partial charge in [0, 0.05) is 6.20 Å². The lowest BCUT2D eigenvalue weighted by molar-refractivity contribution is -0.164. The number of hydrogen-bond donors (Lipinski definition) is 0. The molecule has 0 saturated heterocycles. The van der Waals surface area contributed by atoms with E-state index in [-0.39, 0.29) is 13.2 Å². The summed E-state index contributed by atoms with van der Waals surface area (Å²) in [6.07, 6.45) is 1.52. The summed E-state index contributed by atoms with van der Waals surface area (Å²) in [5.74, 6) is -1.30. The maximum atomic E-state index is 12.0. The molecule has 98 valence electrons. The van der Waals surface area contributed by atoms with Crippen molar-refractivity contribution in [1.82, 2.24) is 4.98 Å². The van der Waals surface area contributed by atoms with Crippen LogP contribution in [0, 0.1) is 0 Å². The first-order valence-corrected chi connectivity index (χ1v) is 5.83. The number of ether oxygens (including phenoxy) is 2. The fourth-order valence-corrected chi connectivity index (χ4v) is 1.50. The molecule has 0 N–H and O–H groups in total. The molecule has 5 heteroatoms. The molecular formula is C13H17NO4. The van der Waals surface area contributed by atoms with Crippen molar-refractivity contribution in [2.75, 3.05) is 13.2 Å². The van der Waals surface area contributed by atoms with Crippen LogP contribution in [-0.2, 0) is 24.5 Å². The van der Waals surface area contributed by atoms with Gasteiger partial charge < -0.3 is 9.47 Å². The van der Waals surface area contributed by atoms with Crippen molar-refractivity contribution in [1.29, 1.82) is 0 Å². The highest BCUT2D eigenvalue weighted by Gasteiger charge is 2.47. The van der Waals surface area contributed by atoms with Gasteiger partial charge in [-0.2, -0.15) is 0 Å². The first-order chi connectivity index (χ1) is 8.57. The molecule has 1 heterocycles.